The standard InChI is InChI=1S/C14H27NO6/c1-2-3-4-5-6-7-10(17)14(20)13(15)12(19)11(18)9(8-16)21-14/h9,11-13,16,18-20H,2-8,15H2,1H3/t9-,11-,12+,13-,14?/m1/s1/i7D/t7?,9-,11-,12+,13-,14?. The Balaban J connectivity index is 2.75. The summed E-state index contributed by atoms with van der Waals surface area (Å²) in [5.74, 6) is -3.54. The summed E-state index contributed by atoms with van der Waals surface area (Å²) in [4.78, 5) is 12.3. The maximum Gasteiger partial charge on any atom is 0.245 e. The third-order valence-electron chi connectivity index (χ3n) is 3.80. The molecule has 1 aliphatic rings. The minimum absolute atomic E-state index is 0.250. The number of unbranched alkanes of at least 4 members (excludes halogenated alkanes) is 3. The van der Waals surface area contributed by atoms with Gasteiger partial charge in [-0.15, -0.1) is 0 Å². The van der Waals surface area contributed by atoms with Crippen LogP contribution in [0.25, 0.3) is 0 Å². The molecule has 7 nitrogen and oxygen atoms in total. The molecular weight excluding hydrogens is 278 g/mol. The highest BCUT2D eigenvalue weighted by Gasteiger charge is 2.55. The summed E-state index contributed by atoms with van der Waals surface area (Å²) in [5, 5.41) is 39.0. The fraction of sp³-hybridized carbons (Fsp3) is 0.929. The molecule has 6 N–H and O–H groups in total. The van der Waals surface area contributed by atoms with Crippen molar-refractivity contribution in [2.75, 3.05) is 6.61 Å². The largest absolute Gasteiger partial charge is 0.394 e. The van der Waals surface area contributed by atoms with Gasteiger partial charge in [0.2, 0.25) is 5.79 Å². The van der Waals surface area contributed by atoms with E-state index >= 15 is 0 Å². The first kappa shape index (κ1) is 16.8. The SMILES string of the molecule is [2H]C(CCCCCC)C(=O)C1(O)O[C@H](CO)[C@@H](O)[C@H](O)[C@H]1N. The third kappa shape index (κ3) is 4.21. The van der Waals surface area contributed by atoms with Crippen LogP contribution in [0.3, 0.4) is 0 Å². The van der Waals surface area contributed by atoms with Crippen molar-refractivity contribution >= 4 is 5.78 Å². The van der Waals surface area contributed by atoms with Gasteiger partial charge in [0.15, 0.2) is 5.78 Å². The Hall–Kier alpha value is -0.570. The van der Waals surface area contributed by atoms with E-state index in [2.05, 4.69) is 0 Å². The molecule has 1 fully saturated rings. The number of nitrogens with two attached hydrogens (primary N) is 1. The molecule has 21 heavy (non-hydrogen) atoms. The minimum atomic E-state index is -2.58. The molecule has 0 radical (unpaired) electrons. The average molecular weight is 306 g/mol. The number of aliphatic hydroxyl groups excluding tert-OH is 3. The minimum Gasteiger partial charge on any atom is -0.394 e. The third-order valence-corrected chi connectivity index (χ3v) is 3.80. The molecule has 1 saturated heterocycles. The van der Waals surface area contributed by atoms with Crippen molar-refractivity contribution < 1.29 is 31.3 Å². The summed E-state index contributed by atoms with van der Waals surface area (Å²) < 4.78 is 12.9. The summed E-state index contributed by atoms with van der Waals surface area (Å²) in [5.41, 5.74) is 5.61. The predicted molar refractivity (Wildman–Crippen MR) is 75.3 cm³/mol. The molecule has 0 aromatic rings. The van der Waals surface area contributed by atoms with Gasteiger partial charge >= 0.3 is 0 Å². The van der Waals surface area contributed by atoms with E-state index in [1.165, 1.54) is 0 Å². The second-order valence-corrected chi connectivity index (χ2v) is 5.46. The maximum absolute atomic E-state index is 12.3. The Morgan fingerprint density at radius 2 is 1.90 bits per heavy atom. The van der Waals surface area contributed by atoms with E-state index in [1.807, 2.05) is 6.92 Å². The topological polar surface area (TPSA) is 133 Å². The van der Waals surface area contributed by atoms with E-state index in [-0.39, 0.29) is 6.42 Å². The van der Waals surface area contributed by atoms with Crippen molar-refractivity contribution in [3.8, 4) is 0 Å². The predicted octanol–water partition coefficient (Wildman–Crippen LogP) is -0.955. The molecule has 2 unspecified atom stereocenters. The van der Waals surface area contributed by atoms with Crippen molar-refractivity contribution in [2.45, 2.75) is 75.6 Å². The second kappa shape index (κ2) is 8.17. The van der Waals surface area contributed by atoms with E-state index in [4.69, 9.17) is 16.9 Å². The van der Waals surface area contributed by atoms with Gasteiger partial charge in [0.1, 0.15) is 18.3 Å². The van der Waals surface area contributed by atoms with Crippen molar-refractivity contribution in [3.63, 3.8) is 0 Å². The lowest BCUT2D eigenvalue weighted by Crippen LogP contribution is -2.71. The summed E-state index contributed by atoms with van der Waals surface area (Å²) in [7, 11) is 0. The zero-order chi connectivity index (χ0) is 16.9. The number of hydrogen-bond acceptors (Lipinski definition) is 7. The Bertz CT molecular complexity index is 369. The number of ketones is 1. The number of ether oxygens (including phenoxy) is 1. The summed E-state index contributed by atoms with van der Waals surface area (Å²) >= 11 is 0. The molecule has 0 aromatic heterocycles. The van der Waals surface area contributed by atoms with Crippen LogP contribution in [0.15, 0.2) is 0 Å². The fourth-order valence-corrected chi connectivity index (χ4v) is 2.36. The second-order valence-electron chi connectivity index (χ2n) is 5.46. The van der Waals surface area contributed by atoms with Crippen LogP contribution in [0.2, 0.25) is 0 Å². The Kier molecular flexibility index (Phi) is 6.53. The van der Waals surface area contributed by atoms with E-state index in [0.717, 1.165) is 19.3 Å². The van der Waals surface area contributed by atoms with E-state index < -0.39 is 48.9 Å². The first-order valence-corrected chi connectivity index (χ1v) is 7.38. The molecule has 1 rings (SSSR count). The number of carbonyl (C=O) groups is 1. The molecule has 0 spiro atoms. The Labute approximate surface area is 126 Å². The van der Waals surface area contributed by atoms with E-state index in [0.29, 0.717) is 6.42 Å². The van der Waals surface area contributed by atoms with Crippen LogP contribution in [0.4, 0.5) is 0 Å². The lowest BCUT2D eigenvalue weighted by atomic mass is 9.87. The Morgan fingerprint density at radius 3 is 2.48 bits per heavy atom. The van der Waals surface area contributed by atoms with E-state index in [1.54, 1.807) is 0 Å². The molecule has 7 heteroatoms. The smallest absolute Gasteiger partial charge is 0.245 e. The van der Waals surface area contributed by atoms with Crippen LogP contribution >= 0.6 is 0 Å². The van der Waals surface area contributed by atoms with Gasteiger partial charge in [0, 0.05) is 7.77 Å². The van der Waals surface area contributed by atoms with Crippen LogP contribution in [-0.2, 0) is 9.53 Å². The normalized spacial score (nSPS) is 38.9. The lowest BCUT2D eigenvalue weighted by Gasteiger charge is -2.45. The summed E-state index contributed by atoms with van der Waals surface area (Å²) in [6.07, 6.45) is -1.91. The fourth-order valence-electron chi connectivity index (χ4n) is 2.36. The van der Waals surface area contributed by atoms with Crippen LogP contribution in [0.1, 0.15) is 46.8 Å². The van der Waals surface area contributed by atoms with Gasteiger partial charge in [0.25, 0.3) is 0 Å². The van der Waals surface area contributed by atoms with Gasteiger partial charge in [-0.25, -0.2) is 0 Å². The number of carbonyl (C=O) groups excluding carboxylic acids is 1. The highest BCUT2D eigenvalue weighted by molar-refractivity contribution is 5.86. The summed E-state index contributed by atoms with van der Waals surface area (Å²) in [6.45, 7) is 1.35. The van der Waals surface area contributed by atoms with Crippen LogP contribution < -0.4 is 5.73 Å². The van der Waals surface area contributed by atoms with Gasteiger partial charge in [-0.1, -0.05) is 32.6 Å². The number of rotatable bonds is 8. The van der Waals surface area contributed by atoms with Gasteiger partial charge in [-0.2, -0.15) is 0 Å². The van der Waals surface area contributed by atoms with Gasteiger partial charge in [-0.05, 0) is 6.42 Å². The molecule has 0 aliphatic carbocycles. The molecular formula is C14H27NO6. The first-order valence-electron chi connectivity index (χ1n) is 7.96. The quantitative estimate of drug-likeness (QED) is 0.365. The van der Waals surface area contributed by atoms with Crippen molar-refractivity contribution in [3.05, 3.63) is 0 Å². The molecule has 0 bridgehead atoms. The zero-order valence-electron chi connectivity index (χ0n) is 13.3. The highest BCUT2D eigenvalue weighted by Crippen LogP contribution is 2.29. The van der Waals surface area contributed by atoms with Gasteiger partial charge in [-0.3, -0.25) is 4.79 Å². The van der Waals surface area contributed by atoms with Crippen molar-refractivity contribution in [1.29, 1.82) is 0 Å². The molecule has 1 heterocycles. The summed E-state index contributed by atoms with van der Waals surface area (Å²) in [6, 6.07) is -1.58. The highest BCUT2D eigenvalue weighted by atomic mass is 16.7. The first-order chi connectivity index (χ1) is 10.3. The van der Waals surface area contributed by atoms with Gasteiger partial charge < -0.3 is 30.9 Å². The van der Waals surface area contributed by atoms with E-state index in [9.17, 15) is 20.1 Å². The van der Waals surface area contributed by atoms with Crippen LogP contribution in [0, 0.1) is 0 Å². The molecule has 0 aromatic carbocycles. The molecule has 6 atom stereocenters. The zero-order valence-corrected chi connectivity index (χ0v) is 12.3. The van der Waals surface area contributed by atoms with Crippen LogP contribution in [0.5, 0.6) is 0 Å². The van der Waals surface area contributed by atoms with Gasteiger partial charge in [0.05, 0.1) is 12.6 Å². The number of Topliss-reactive ketones (excluding diaryl/α,β-unsaturated/α-hetero) is 1. The van der Waals surface area contributed by atoms with Crippen molar-refractivity contribution in [1.82, 2.24) is 0 Å². The average Bonchev–Trinajstić information content (AvgIpc) is 2.52. The number of hydrogen-bond donors (Lipinski definition) is 5. The number of aliphatic hydroxyl groups is 4. The molecule has 124 valence electrons. The monoisotopic (exact) mass is 306 g/mol. The van der Waals surface area contributed by atoms with Crippen molar-refractivity contribution in [2.24, 2.45) is 5.73 Å². The molecule has 1 aliphatic heterocycles. The lowest BCUT2D eigenvalue weighted by molar-refractivity contribution is -0.297. The maximum atomic E-state index is 12.3. The van der Waals surface area contributed by atoms with Crippen LogP contribution in [-0.4, -0.2) is 63.0 Å². The Morgan fingerprint density at radius 1 is 1.29 bits per heavy atom. The molecule has 0 saturated carbocycles. The molecule has 0 amide bonds.